The molecule has 0 bridgehead atoms. The van der Waals surface area contributed by atoms with Gasteiger partial charge in [-0.05, 0) is 31.2 Å². The van der Waals surface area contributed by atoms with Gasteiger partial charge in [0.25, 0.3) is 0 Å². The minimum atomic E-state index is -5.08. The van der Waals surface area contributed by atoms with Crippen LogP contribution >= 0.6 is 0 Å². The average molecular weight is 546 g/mol. The van der Waals surface area contributed by atoms with Gasteiger partial charge in [0.2, 0.25) is 5.88 Å². The Morgan fingerprint density at radius 2 is 1.68 bits per heavy atom. The monoisotopic (exact) mass is 546 g/mol. The molecule has 0 aromatic carbocycles. The minimum absolute atomic E-state index is 0.00458. The van der Waals surface area contributed by atoms with Crippen LogP contribution in [-0.2, 0) is 19.1 Å². The van der Waals surface area contributed by atoms with Gasteiger partial charge in [-0.1, -0.05) is 6.07 Å². The number of halogens is 6. The molecular weight excluding hydrogens is 518 g/mol. The zero-order chi connectivity index (χ0) is 27.7. The highest BCUT2D eigenvalue weighted by atomic mass is 19.4. The third-order valence-corrected chi connectivity index (χ3v) is 5.84. The second kappa shape index (κ2) is 13.2. The van der Waals surface area contributed by atoms with Gasteiger partial charge in [0.15, 0.2) is 0 Å². The molecule has 3 saturated heterocycles. The first-order valence-electron chi connectivity index (χ1n) is 11.3. The number of hydrogen-bond donors (Lipinski definition) is 2. The summed E-state index contributed by atoms with van der Waals surface area (Å²) in [6, 6.07) is 5.78. The second-order valence-corrected chi connectivity index (χ2v) is 8.75. The van der Waals surface area contributed by atoms with Crippen LogP contribution in [0.4, 0.5) is 26.3 Å². The van der Waals surface area contributed by atoms with E-state index in [0.717, 1.165) is 45.1 Å². The number of hydrogen-bond acceptors (Lipinski definition) is 7. The molecule has 4 heterocycles. The Morgan fingerprint density at radius 3 is 2.19 bits per heavy atom. The third-order valence-electron chi connectivity index (χ3n) is 5.84. The molecule has 3 fully saturated rings. The summed E-state index contributed by atoms with van der Waals surface area (Å²) >= 11 is 0. The van der Waals surface area contributed by atoms with Gasteiger partial charge in [0, 0.05) is 51.5 Å². The van der Waals surface area contributed by atoms with Gasteiger partial charge < -0.3 is 29.3 Å². The molecule has 9 nitrogen and oxygen atoms in total. The van der Waals surface area contributed by atoms with E-state index in [-0.39, 0.29) is 11.7 Å². The second-order valence-electron chi connectivity index (χ2n) is 8.75. The summed E-state index contributed by atoms with van der Waals surface area (Å²) in [6.45, 7) is 5.93. The van der Waals surface area contributed by atoms with Crippen molar-refractivity contribution in [2.24, 2.45) is 5.92 Å². The Labute approximate surface area is 208 Å². The third kappa shape index (κ3) is 10.7. The van der Waals surface area contributed by atoms with E-state index < -0.39 is 24.3 Å². The van der Waals surface area contributed by atoms with E-state index in [0.29, 0.717) is 12.5 Å². The minimum Gasteiger partial charge on any atom is -0.475 e. The molecule has 1 spiro atoms. The molecule has 3 aliphatic heterocycles. The number of pyridine rings is 1. The van der Waals surface area contributed by atoms with E-state index in [1.807, 2.05) is 18.2 Å². The molecule has 15 heteroatoms. The van der Waals surface area contributed by atoms with E-state index in [1.165, 1.54) is 19.4 Å². The molecule has 0 radical (unpaired) electrons. The van der Waals surface area contributed by atoms with Crippen molar-refractivity contribution < 1.29 is 60.4 Å². The first-order valence-corrected chi connectivity index (χ1v) is 11.3. The lowest BCUT2D eigenvalue weighted by atomic mass is 9.98. The zero-order valence-electron chi connectivity index (χ0n) is 19.6. The van der Waals surface area contributed by atoms with Gasteiger partial charge in [0.1, 0.15) is 6.10 Å². The number of carbonyl (C=O) groups is 2. The maximum Gasteiger partial charge on any atom is 0.490 e. The summed E-state index contributed by atoms with van der Waals surface area (Å²) < 4.78 is 81.1. The maximum absolute atomic E-state index is 10.6. The molecule has 4 rings (SSSR count). The van der Waals surface area contributed by atoms with Gasteiger partial charge in [-0.15, -0.1) is 0 Å². The van der Waals surface area contributed by atoms with Crippen LogP contribution in [0, 0.1) is 5.92 Å². The number of likely N-dealkylation sites (tertiary alicyclic amines) is 1. The fraction of sp³-hybridized carbons (Fsp3) is 0.682. The van der Waals surface area contributed by atoms with E-state index in [4.69, 9.17) is 34.0 Å². The van der Waals surface area contributed by atoms with Gasteiger partial charge in [-0.3, -0.25) is 0 Å². The highest BCUT2D eigenvalue weighted by Crippen LogP contribution is 2.37. The van der Waals surface area contributed by atoms with E-state index in [1.54, 1.807) is 6.20 Å². The number of aromatic nitrogens is 1. The molecule has 3 aliphatic rings. The molecular formula is C22H28F6N2O7. The molecule has 2 atom stereocenters. The molecule has 2 N–H and O–H groups in total. The standard InChI is InChI=1S/C18H26N2O3.2C2HF3O2/c1-2-7-19-17(3-1)23-16-11-18(22-13-16)6-8-20(14-18)12-15-4-9-21-10-5-15;2*3-2(4,5)1(6)7/h1-3,7,15-16H,4-6,8-14H2;2*(H,6,7)/t16-,18-;;/m0../s1. The summed E-state index contributed by atoms with van der Waals surface area (Å²) in [5.74, 6) is -4.02. The smallest absolute Gasteiger partial charge is 0.475 e. The first kappa shape index (κ1) is 30.6. The van der Waals surface area contributed by atoms with Gasteiger partial charge in [-0.2, -0.15) is 26.3 Å². The number of rotatable bonds is 4. The Balaban J connectivity index is 0.000000286. The van der Waals surface area contributed by atoms with Gasteiger partial charge in [-0.25, -0.2) is 14.6 Å². The van der Waals surface area contributed by atoms with Crippen LogP contribution < -0.4 is 4.74 Å². The van der Waals surface area contributed by atoms with Crippen molar-refractivity contribution in [3.05, 3.63) is 24.4 Å². The van der Waals surface area contributed by atoms with Crippen molar-refractivity contribution in [3.63, 3.8) is 0 Å². The molecule has 1 aromatic rings. The highest BCUT2D eigenvalue weighted by molar-refractivity contribution is 5.73. The van der Waals surface area contributed by atoms with Crippen molar-refractivity contribution in [1.29, 1.82) is 0 Å². The molecule has 0 amide bonds. The Bertz CT molecular complexity index is 841. The molecule has 1 aromatic heterocycles. The molecule has 210 valence electrons. The summed E-state index contributed by atoms with van der Waals surface area (Å²) in [6.07, 6.45) is -3.75. The summed E-state index contributed by atoms with van der Waals surface area (Å²) in [7, 11) is 0. The van der Waals surface area contributed by atoms with Crippen LogP contribution in [-0.4, -0.2) is 95.5 Å². The van der Waals surface area contributed by atoms with Crippen LogP contribution in [0.25, 0.3) is 0 Å². The fourth-order valence-electron chi connectivity index (χ4n) is 4.13. The maximum atomic E-state index is 10.6. The van der Waals surface area contributed by atoms with Crippen LogP contribution in [0.1, 0.15) is 25.7 Å². The molecule has 0 aliphatic carbocycles. The predicted octanol–water partition coefficient (Wildman–Crippen LogP) is 3.39. The van der Waals surface area contributed by atoms with Crippen molar-refractivity contribution >= 4 is 11.9 Å². The van der Waals surface area contributed by atoms with Gasteiger partial charge in [0.05, 0.1) is 12.2 Å². The van der Waals surface area contributed by atoms with Crippen LogP contribution in [0.2, 0.25) is 0 Å². The van der Waals surface area contributed by atoms with Crippen LogP contribution in [0.3, 0.4) is 0 Å². The molecule has 37 heavy (non-hydrogen) atoms. The summed E-state index contributed by atoms with van der Waals surface area (Å²) in [4.78, 5) is 24.6. The first-order chi connectivity index (χ1) is 17.2. The number of carboxylic acid groups (broad SMARTS) is 2. The van der Waals surface area contributed by atoms with Crippen LogP contribution in [0.15, 0.2) is 24.4 Å². The van der Waals surface area contributed by atoms with Crippen molar-refractivity contribution in [2.75, 3.05) is 39.5 Å². The van der Waals surface area contributed by atoms with E-state index in [9.17, 15) is 26.3 Å². The number of carboxylic acids is 2. The van der Waals surface area contributed by atoms with Crippen molar-refractivity contribution in [2.45, 2.75) is 49.7 Å². The summed E-state index contributed by atoms with van der Waals surface area (Å²) in [5.41, 5.74) is 0.00458. The normalized spacial score (nSPS) is 24.5. The average Bonchev–Trinajstić information content (AvgIpc) is 3.40. The molecule has 0 unspecified atom stereocenters. The quantitative estimate of drug-likeness (QED) is 0.548. The lowest BCUT2D eigenvalue weighted by molar-refractivity contribution is -0.193. The molecule has 0 saturated carbocycles. The highest BCUT2D eigenvalue weighted by Gasteiger charge is 2.46. The zero-order valence-corrected chi connectivity index (χ0v) is 19.6. The van der Waals surface area contributed by atoms with E-state index in [2.05, 4.69) is 9.88 Å². The number of ether oxygens (including phenoxy) is 3. The SMILES string of the molecule is O=C(O)C(F)(F)F.O=C(O)C(F)(F)F.c1ccc(O[C@@H]2CO[C@@]3(CCN(CC4CCOCC4)C3)C2)nc1. The number of alkyl halides is 6. The predicted molar refractivity (Wildman–Crippen MR) is 114 cm³/mol. The Hall–Kier alpha value is -2.65. The number of nitrogens with zero attached hydrogens (tertiary/aromatic N) is 2. The largest absolute Gasteiger partial charge is 0.490 e. The van der Waals surface area contributed by atoms with Crippen LogP contribution in [0.5, 0.6) is 5.88 Å². The van der Waals surface area contributed by atoms with Crippen molar-refractivity contribution in [1.82, 2.24) is 9.88 Å². The van der Waals surface area contributed by atoms with Gasteiger partial charge >= 0.3 is 24.3 Å². The summed E-state index contributed by atoms with van der Waals surface area (Å²) in [5, 5.41) is 14.2. The lowest BCUT2D eigenvalue weighted by Crippen LogP contribution is -2.36. The number of aliphatic carboxylic acids is 2. The fourth-order valence-corrected chi connectivity index (χ4v) is 4.13. The topological polar surface area (TPSA) is 118 Å². The Morgan fingerprint density at radius 1 is 1.08 bits per heavy atom. The lowest BCUT2D eigenvalue weighted by Gasteiger charge is -2.28. The Kier molecular flexibility index (Phi) is 10.9. The van der Waals surface area contributed by atoms with Crippen molar-refractivity contribution in [3.8, 4) is 5.88 Å². The van der Waals surface area contributed by atoms with E-state index >= 15 is 0 Å².